The summed E-state index contributed by atoms with van der Waals surface area (Å²) >= 11 is 1.97. The topological polar surface area (TPSA) is 21.3 Å². The van der Waals surface area contributed by atoms with E-state index in [1.807, 2.05) is 23.9 Å². The second-order valence-electron chi connectivity index (χ2n) is 3.76. The van der Waals surface area contributed by atoms with Crippen molar-refractivity contribution in [2.75, 3.05) is 20.2 Å². The number of piperidine rings is 1. The Morgan fingerprint density at radius 3 is 2.73 bits per heavy atom. The van der Waals surface area contributed by atoms with Crippen LogP contribution in [-0.2, 0) is 0 Å². The molecule has 3 heteroatoms. The molecule has 1 fully saturated rings. The molecule has 0 aromatic heterocycles. The summed E-state index contributed by atoms with van der Waals surface area (Å²) in [6.45, 7) is 2.32. The molecule has 0 saturated carbocycles. The van der Waals surface area contributed by atoms with Crippen molar-refractivity contribution in [1.82, 2.24) is 5.32 Å². The second-order valence-corrected chi connectivity index (χ2v) is 5.14. The first-order valence-corrected chi connectivity index (χ1v) is 6.28. The first kappa shape index (κ1) is 10.8. The van der Waals surface area contributed by atoms with E-state index in [-0.39, 0.29) is 0 Å². The Bertz CT molecular complexity index is 293. The van der Waals surface area contributed by atoms with Gasteiger partial charge in [-0.05, 0) is 43.7 Å². The molecular formula is C12H17NOS. The first-order chi connectivity index (χ1) is 7.38. The number of rotatable bonds is 3. The minimum absolute atomic E-state index is 0.729. The van der Waals surface area contributed by atoms with E-state index in [0.717, 1.165) is 17.5 Å². The highest BCUT2D eigenvalue weighted by atomic mass is 32.2. The summed E-state index contributed by atoms with van der Waals surface area (Å²) in [5.74, 6) is 0.932. The Hall–Kier alpha value is -0.670. The SMILES string of the molecule is COc1ccc(S[C@H]2CCCNC2)cc1. The van der Waals surface area contributed by atoms with Crippen molar-refractivity contribution in [1.29, 1.82) is 0 Å². The summed E-state index contributed by atoms with van der Waals surface area (Å²) in [4.78, 5) is 1.34. The van der Waals surface area contributed by atoms with Crippen LogP contribution in [0.4, 0.5) is 0 Å². The van der Waals surface area contributed by atoms with Crippen LogP contribution in [0.3, 0.4) is 0 Å². The highest BCUT2D eigenvalue weighted by Gasteiger charge is 2.13. The van der Waals surface area contributed by atoms with Gasteiger partial charge in [-0.25, -0.2) is 0 Å². The normalized spacial score (nSPS) is 21.3. The molecule has 0 unspecified atom stereocenters. The third-order valence-electron chi connectivity index (χ3n) is 2.61. The van der Waals surface area contributed by atoms with Gasteiger partial charge in [0.1, 0.15) is 5.75 Å². The van der Waals surface area contributed by atoms with E-state index in [2.05, 4.69) is 17.4 Å². The molecule has 0 radical (unpaired) electrons. The van der Waals surface area contributed by atoms with Gasteiger partial charge in [0.25, 0.3) is 0 Å². The Morgan fingerprint density at radius 1 is 1.33 bits per heavy atom. The van der Waals surface area contributed by atoms with Crippen LogP contribution < -0.4 is 10.1 Å². The molecule has 15 heavy (non-hydrogen) atoms. The molecule has 1 aliphatic rings. The highest BCUT2D eigenvalue weighted by molar-refractivity contribution is 8.00. The fraction of sp³-hybridized carbons (Fsp3) is 0.500. The van der Waals surface area contributed by atoms with Crippen LogP contribution >= 0.6 is 11.8 Å². The lowest BCUT2D eigenvalue weighted by Gasteiger charge is -2.22. The zero-order chi connectivity index (χ0) is 10.5. The van der Waals surface area contributed by atoms with Crippen LogP contribution in [0.25, 0.3) is 0 Å². The van der Waals surface area contributed by atoms with E-state index in [1.165, 1.54) is 24.3 Å². The van der Waals surface area contributed by atoms with Crippen LogP contribution in [-0.4, -0.2) is 25.4 Å². The predicted octanol–water partition coefficient (Wildman–Crippen LogP) is 2.54. The number of ether oxygens (including phenoxy) is 1. The summed E-state index contributed by atoms with van der Waals surface area (Å²) in [6.07, 6.45) is 2.62. The molecule has 1 atom stereocenters. The van der Waals surface area contributed by atoms with Crippen LogP contribution in [0.15, 0.2) is 29.2 Å². The molecule has 1 aliphatic heterocycles. The van der Waals surface area contributed by atoms with Gasteiger partial charge in [-0.1, -0.05) is 0 Å². The van der Waals surface area contributed by atoms with Gasteiger partial charge in [-0.2, -0.15) is 0 Å². The van der Waals surface area contributed by atoms with Crippen LogP contribution in [0.1, 0.15) is 12.8 Å². The van der Waals surface area contributed by atoms with Gasteiger partial charge in [-0.15, -0.1) is 11.8 Å². The van der Waals surface area contributed by atoms with Crippen molar-refractivity contribution < 1.29 is 4.74 Å². The Balaban J connectivity index is 1.91. The number of hydrogen-bond donors (Lipinski definition) is 1. The monoisotopic (exact) mass is 223 g/mol. The van der Waals surface area contributed by atoms with Crippen molar-refractivity contribution in [3.63, 3.8) is 0 Å². The van der Waals surface area contributed by atoms with Gasteiger partial charge in [0.05, 0.1) is 7.11 Å². The van der Waals surface area contributed by atoms with Gasteiger partial charge in [0, 0.05) is 16.7 Å². The third-order valence-corrected chi connectivity index (χ3v) is 3.89. The molecule has 1 aromatic carbocycles. The molecule has 1 saturated heterocycles. The molecule has 0 aliphatic carbocycles. The quantitative estimate of drug-likeness (QED) is 0.851. The maximum Gasteiger partial charge on any atom is 0.118 e. The lowest BCUT2D eigenvalue weighted by molar-refractivity contribution is 0.414. The minimum Gasteiger partial charge on any atom is -0.497 e. The van der Waals surface area contributed by atoms with Crippen LogP contribution in [0, 0.1) is 0 Å². The standard InChI is InChI=1S/C12H17NOS/c1-14-10-4-6-11(7-5-10)15-12-3-2-8-13-9-12/h4-7,12-13H,2-3,8-9H2,1H3/t12-/m0/s1. The third kappa shape index (κ3) is 3.14. The van der Waals surface area contributed by atoms with Gasteiger partial charge in [0.2, 0.25) is 0 Å². The Morgan fingerprint density at radius 2 is 2.13 bits per heavy atom. The van der Waals surface area contributed by atoms with Crippen molar-refractivity contribution in [3.8, 4) is 5.75 Å². The minimum atomic E-state index is 0.729. The number of methoxy groups -OCH3 is 1. The van der Waals surface area contributed by atoms with Gasteiger partial charge < -0.3 is 10.1 Å². The average Bonchev–Trinajstić information content (AvgIpc) is 2.31. The smallest absolute Gasteiger partial charge is 0.118 e. The average molecular weight is 223 g/mol. The van der Waals surface area contributed by atoms with Crippen molar-refractivity contribution in [2.24, 2.45) is 0 Å². The number of thioether (sulfide) groups is 1. The Kier molecular flexibility index (Phi) is 3.92. The van der Waals surface area contributed by atoms with Gasteiger partial charge >= 0.3 is 0 Å². The van der Waals surface area contributed by atoms with Crippen molar-refractivity contribution in [2.45, 2.75) is 23.0 Å². The van der Waals surface area contributed by atoms with E-state index < -0.39 is 0 Å². The molecule has 1 aromatic rings. The predicted molar refractivity (Wildman–Crippen MR) is 64.7 cm³/mol. The number of nitrogens with one attached hydrogen (secondary N) is 1. The molecule has 82 valence electrons. The summed E-state index contributed by atoms with van der Waals surface area (Å²) in [6, 6.07) is 8.33. The largest absolute Gasteiger partial charge is 0.497 e. The fourth-order valence-electron chi connectivity index (χ4n) is 1.77. The van der Waals surface area contributed by atoms with E-state index in [0.29, 0.717) is 0 Å². The summed E-state index contributed by atoms with van der Waals surface area (Å²) in [5.41, 5.74) is 0. The zero-order valence-electron chi connectivity index (χ0n) is 9.03. The summed E-state index contributed by atoms with van der Waals surface area (Å²) in [5, 5.41) is 4.16. The maximum atomic E-state index is 5.14. The number of hydrogen-bond acceptors (Lipinski definition) is 3. The fourth-order valence-corrected chi connectivity index (χ4v) is 2.93. The van der Waals surface area contributed by atoms with Crippen molar-refractivity contribution >= 4 is 11.8 Å². The molecule has 1 heterocycles. The first-order valence-electron chi connectivity index (χ1n) is 5.40. The zero-order valence-corrected chi connectivity index (χ0v) is 9.85. The van der Waals surface area contributed by atoms with E-state index in [9.17, 15) is 0 Å². The summed E-state index contributed by atoms with van der Waals surface area (Å²) < 4.78 is 5.14. The molecule has 2 rings (SSSR count). The van der Waals surface area contributed by atoms with E-state index in [1.54, 1.807) is 7.11 Å². The van der Waals surface area contributed by atoms with Crippen LogP contribution in [0.5, 0.6) is 5.75 Å². The maximum absolute atomic E-state index is 5.14. The lowest BCUT2D eigenvalue weighted by atomic mass is 10.2. The number of benzene rings is 1. The van der Waals surface area contributed by atoms with Gasteiger partial charge in [-0.3, -0.25) is 0 Å². The molecule has 0 bridgehead atoms. The molecular weight excluding hydrogens is 206 g/mol. The van der Waals surface area contributed by atoms with E-state index in [4.69, 9.17) is 4.74 Å². The molecule has 1 N–H and O–H groups in total. The Labute approximate surface area is 95.4 Å². The van der Waals surface area contributed by atoms with Gasteiger partial charge in [0.15, 0.2) is 0 Å². The molecule has 0 spiro atoms. The summed E-state index contributed by atoms with van der Waals surface area (Å²) in [7, 11) is 1.70. The second kappa shape index (κ2) is 5.42. The lowest BCUT2D eigenvalue weighted by Crippen LogP contribution is -2.31. The van der Waals surface area contributed by atoms with Crippen molar-refractivity contribution in [3.05, 3.63) is 24.3 Å². The van der Waals surface area contributed by atoms with E-state index >= 15 is 0 Å². The van der Waals surface area contributed by atoms with Crippen LogP contribution in [0.2, 0.25) is 0 Å². The highest BCUT2D eigenvalue weighted by Crippen LogP contribution is 2.28. The molecule has 0 amide bonds. The molecule has 2 nitrogen and oxygen atoms in total.